The third-order valence-electron chi connectivity index (χ3n) is 3.94. The van der Waals surface area contributed by atoms with Gasteiger partial charge in [0.2, 0.25) is 0 Å². The van der Waals surface area contributed by atoms with Crippen LogP contribution in [0.1, 0.15) is 5.56 Å². The van der Waals surface area contributed by atoms with Gasteiger partial charge in [-0.1, -0.05) is 60.6 Å². The summed E-state index contributed by atoms with van der Waals surface area (Å²) in [5, 5.41) is 2.61. The van der Waals surface area contributed by atoms with Gasteiger partial charge in [-0.25, -0.2) is 0 Å². The van der Waals surface area contributed by atoms with Crippen LogP contribution in [0.25, 0.3) is 16.2 Å². The minimum absolute atomic E-state index is 0.302. The smallest absolute Gasteiger partial charge is 0.320 e. The molecule has 0 saturated heterocycles. The summed E-state index contributed by atoms with van der Waals surface area (Å²) >= 11 is 0. The van der Waals surface area contributed by atoms with Crippen LogP contribution in [0.3, 0.4) is 0 Å². The van der Waals surface area contributed by atoms with Crippen molar-refractivity contribution >= 4 is 23.1 Å². The van der Waals surface area contributed by atoms with E-state index >= 15 is 0 Å². The third-order valence-corrected chi connectivity index (χ3v) is 3.94. The summed E-state index contributed by atoms with van der Waals surface area (Å²) < 4.78 is 0. The predicted octanol–water partition coefficient (Wildman–Crippen LogP) is 4.21. The molecule has 2 heterocycles. The van der Waals surface area contributed by atoms with Crippen LogP contribution in [0, 0.1) is 0 Å². The van der Waals surface area contributed by atoms with Crippen LogP contribution in [0.4, 0.5) is 0 Å². The van der Waals surface area contributed by atoms with Crippen LogP contribution >= 0.6 is 0 Å². The van der Waals surface area contributed by atoms with E-state index in [9.17, 15) is 0 Å². The van der Waals surface area contributed by atoms with Crippen molar-refractivity contribution in [3.05, 3.63) is 90.7 Å². The molecule has 2 aromatic rings. The number of rotatable bonds is 1. The SMILES string of the molecule is C1=CB2C(c3cccc4ccccc34)=CC=CN2C=C1. The summed E-state index contributed by atoms with van der Waals surface area (Å²) in [4.78, 5) is 2.25. The Morgan fingerprint density at radius 3 is 2.65 bits per heavy atom. The van der Waals surface area contributed by atoms with Crippen molar-refractivity contribution in [2.75, 3.05) is 0 Å². The Kier molecular flexibility index (Phi) is 2.60. The van der Waals surface area contributed by atoms with E-state index in [1.54, 1.807) is 0 Å². The van der Waals surface area contributed by atoms with Crippen LogP contribution in [0.5, 0.6) is 0 Å². The van der Waals surface area contributed by atoms with Gasteiger partial charge in [0, 0.05) is 0 Å². The molecular weight excluding hydrogens is 241 g/mol. The van der Waals surface area contributed by atoms with Gasteiger partial charge in [-0.15, -0.1) is 0 Å². The van der Waals surface area contributed by atoms with Gasteiger partial charge in [-0.2, -0.15) is 0 Å². The summed E-state index contributed by atoms with van der Waals surface area (Å²) in [5.41, 5.74) is 2.67. The molecule has 2 aliphatic heterocycles. The van der Waals surface area contributed by atoms with Gasteiger partial charge in [0.05, 0.1) is 0 Å². The van der Waals surface area contributed by atoms with Gasteiger partial charge < -0.3 is 4.81 Å². The molecule has 94 valence electrons. The molecule has 0 bridgehead atoms. The van der Waals surface area contributed by atoms with Crippen molar-refractivity contribution < 1.29 is 0 Å². The van der Waals surface area contributed by atoms with Crippen LogP contribution in [0.15, 0.2) is 85.1 Å². The molecule has 0 N–H and O–H groups in total. The van der Waals surface area contributed by atoms with Gasteiger partial charge in [-0.3, -0.25) is 0 Å². The Bertz CT molecular complexity index is 778. The van der Waals surface area contributed by atoms with E-state index in [4.69, 9.17) is 0 Å². The fourth-order valence-electron chi connectivity index (χ4n) is 2.99. The van der Waals surface area contributed by atoms with Crippen LogP contribution in [-0.2, 0) is 0 Å². The molecule has 0 saturated carbocycles. The maximum atomic E-state index is 2.25. The van der Waals surface area contributed by atoms with E-state index in [2.05, 4.69) is 90.0 Å². The molecule has 0 unspecified atom stereocenters. The van der Waals surface area contributed by atoms with Gasteiger partial charge >= 0.3 is 6.85 Å². The zero-order chi connectivity index (χ0) is 13.4. The lowest BCUT2D eigenvalue weighted by Crippen LogP contribution is -2.34. The Balaban J connectivity index is 1.91. The zero-order valence-corrected chi connectivity index (χ0v) is 11.1. The standard InChI is InChI=1S/C18H14BN/c1-2-9-16-15(7-1)8-5-10-17(16)18-11-6-14-20-13-4-3-12-19(18)20/h1-14H. The highest BCUT2D eigenvalue weighted by Crippen LogP contribution is 2.31. The van der Waals surface area contributed by atoms with E-state index in [0.717, 1.165) is 0 Å². The maximum absolute atomic E-state index is 2.25. The Hall–Kier alpha value is -2.48. The molecule has 0 spiro atoms. The monoisotopic (exact) mass is 255 g/mol. The van der Waals surface area contributed by atoms with E-state index in [1.165, 1.54) is 21.8 Å². The van der Waals surface area contributed by atoms with E-state index in [-0.39, 0.29) is 0 Å². The number of hydrogen-bond donors (Lipinski definition) is 0. The summed E-state index contributed by atoms with van der Waals surface area (Å²) in [5.74, 6) is 2.25. The van der Waals surface area contributed by atoms with Gasteiger partial charge in [0.1, 0.15) is 0 Å². The van der Waals surface area contributed by atoms with Crippen molar-refractivity contribution in [3.8, 4) is 0 Å². The molecule has 0 aromatic heterocycles. The fraction of sp³-hybridized carbons (Fsp3) is 0. The molecule has 0 radical (unpaired) electrons. The lowest BCUT2D eigenvalue weighted by Gasteiger charge is -2.29. The molecule has 0 fully saturated rings. The maximum Gasteiger partial charge on any atom is 0.320 e. The molecule has 0 amide bonds. The molecular formula is C18H14BN. The summed E-state index contributed by atoms with van der Waals surface area (Å²) in [6.45, 7) is 0.302. The Labute approximate surface area is 119 Å². The number of allylic oxidation sites excluding steroid dienone is 4. The highest BCUT2D eigenvalue weighted by atomic mass is 15.0. The number of benzene rings is 2. The fourth-order valence-corrected chi connectivity index (χ4v) is 2.99. The van der Waals surface area contributed by atoms with Crippen LogP contribution < -0.4 is 0 Å². The van der Waals surface area contributed by atoms with Crippen molar-refractivity contribution in [2.24, 2.45) is 0 Å². The summed E-state index contributed by atoms with van der Waals surface area (Å²) in [7, 11) is 0. The number of hydrogen-bond acceptors (Lipinski definition) is 1. The molecule has 2 heteroatoms. The van der Waals surface area contributed by atoms with Crippen molar-refractivity contribution in [2.45, 2.75) is 0 Å². The molecule has 1 nitrogen and oxygen atoms in total. The van der Waals surface area contributed by atoms with Crippen LogP contribution in [-0.4, -0.2) is 11.7 Å². The third kappa shape index (κ3) is 1.73. The zero-order valence-electron chi connectivity index (χ0n) is 11.1. The number of fused-ring (bicyclic) bond motifs is 2. The van der Waals surface area contributed by atoms with Crippen LogP contribution in [0.2, 0.25) is 0 Å². The highest BCUT2D eigenvalue weighted by Gasteiger charge is 2.26. The van der Waals surface area contributed by atoms with Gasteiger partial charge in [-0.05, 0) is 46.4 Å². The minimum Gasteiger partial charge on any atom is -0.390 e. The average Bonchev–Trinajstić information content (AvgIpc) is 2.54. The lowest BCUT2D eigenvalue weighted by atomic mass is 9.50. The normalized spacial score (nSPS) is 16.5. The molecule has 0 aliphatic carbocycles. The topological polar surface area (TPSA) is 3.24 Å². The molecule has 2 aliphatic rings. The first-order valence-electron chi connectivity index (χ1n) is 6.92. The van der Waals surface area contributed by atoms with E-state index < -0.39 is 0 Å². The second kappa shape index (κ2) is 4.57. The van der Waals surface area contributed by atoms with E-state index in [0.29, 0.717) is 6.85 Å². The Morgan fingerprint density at radius 2 is 1.65 bits per heavy atom. The van der Waals surface area contributed by atoms with Gasteiger partial charge in [0.25, 0.3) is 0 Å². The second-order valence-corrected chi connectivity index (χ2v) is 5.11. The molecule has 20 heavy (non-hydrogen) atoms. The summed E-state index contributed by atoms with van der Waals surface area (Å²) in [6.07, 6.45) is 12.8. The van der Waals surface area contributed by atoms with Crippen molar-refractivity contribution in [1.82, 2.24) is 4.81 Å². The minimum atomic E-state index is 0.302. The van der Waals surface area contributed by atoms with Crippen molar-refractivity contribution in [3.63, 3.8) is 0 Å². The molecule has 4 rings (SSSR count). The molecule has 2 aromatic carbocycles. The Morgan fingerprint density at radius 1 is 0.800 bits per heavy atom. The average molecular weight is 255 g/mol. The lowest BCUT2D eigenvalue weighted by molar-refractivity contribution is 0.793. The predicted molar refractivity (Wildman–Crippen MR) is 86.9 cm³/mol. The first kappa shape index (κ1) is 11.4. The van der Waals surface area contributed by atoms with E-state index in [1.807, 2.05) is 0 Å². The largest absolute Gasteiger partial charge is 0.390 e. The molecule has 0 atom stereocenters. The first-order chi connectivity index (χ1) is 9.93. The quantitative estimate of drug-likeness (QED) is 0.690. The van der Waals surface area contributed by atoms with Gasteiger partial charge in [0.15, 0.2) is 0 Å². The number of nitrogens with zero attached hydrogens (tertiary/aromatic N) is 1. The first-order valence-corrected chi connectivity index (χ1v) is 6.92. The second-order valence-electron chi connectivity index (χ2n) is 5.11. The summed E-state index contributed by atoms with van der Waals surface area (Å²) in [6, 6.07) is 15.1. The highest BCUT2D eigenvalue weighted by molar-refractivity contribution is 6.82. The van der Waals surface area contributed by atoms with Crippen molar-refractivity contribution in [1.29, 1.82) is 0 Å².